The number of Topliss-reactive ketones (excluding diaryl/α,β-unsaturated/α-hetero) is 1. The van der Waals surface area contributed by atoms with Gasteiger partial charge < -0.3 is 4.74 Å². The van der Waals surface area contributed by atoms with Gasteiger partial charge in [-0.05, 0) is 6.07 Å². The van der Waals surface area contributed by atoms with E-state index in [2.05, 4.69) is 20.7 Å². The van der Waals surface area contributed by atoms with Gasteiger partial charge in [-0.3, -0.25) is 14.9 Å². The molecule has 0 aliphatic heterocycles. The van der Waals surface area contributed by atoms with Crippen molar-refractivity contribution in [3.05, 3.63) is 33.9 Å². The summed E-state index contributed by atoms with van der Waals surface area (Å²) in [7, 11) is 0. The van der Waals surface area contributed by atoms with Crippen LogP contribution in [0.4, 0.5) is 18.9 Å². The normalized spacial score (nSPS) is 11.2. The van der Waals surface area contributed by atoms with Crippen molar-refractivity contribution >= 4 is 27.4 Å². The number of ether oxygens (including phenoxy) is 1. The van der Waals surface area contributed by atoms with E-state index in [1.54, 1.807) is 0 Å². The van der Waals surface area contributed by atoms with E-state index in [9.17, 15) is 28.1 Å². The molecule has 0 saturated carbocycles. The molecule has 1 aromatic rings. The molecule has 0 heterocycles. The van der Waals surface area contributed by atoms with Gasteiger partial charge in [0, 0.05) is 12.0 Å². The van der Waals surface area contributed by atoms with Crippen LogP contribution in [0.15, 0.2) is 18.2 Å². The Morgan fingerprint density at radius 3 is 2.53 bits per heavy atom. The number of hydrogen-bond donors (Lipinski definition) is 0. The molecule has 0 bridgehead atoms. The lowest BCUT2D eigenvalue weighted by atomic mass is 10.1. The lowest BCUT2D eigenvalue weighted by Gasteiger charge is -2.10. The second-order valence-electron chi connectivity index (χ2n) is 3.42. The third kappa shape index (κ3) is 4.51. The molecule has 0 aliphatic carbocycles. The minimum atomic E-state index is -5.04. The van der Waals surface area contributed by atoms with Crippen LogP contribution < -0.4 is 4.74 Å². The van der Waals surface area contributed by atoms with Crippen molar-refractivity contribution in [3.63, 3.8) is 0 Å². The minimum absolute atomic E-state index is 0.0471. The van der Waals surface area contributed by atoms with Crippen molar-refractivity contribution in [2.75, 3.05) is 5.33 Å². The molecular formula is C10H7BrF3NO4. The maximum Gasteiger partial charge on any atom is 0.573 e. The van der Waals surface area contributed by atoms with Gasteiger partial charge in [0.1, 0.15) is 5.78 Å². The largest absolute Gasteiger partial charge is 0.573 e. The first-order chi connectivity index (χ1) is 8.74. The Morgan fingerprint density at radius 1 is 1.42 bits per heavy atom. The van der Waals surface area contributed by atoms with Crippen molar-refractivity contribution < 1.29 is 27.6 Å². The number of nitro benzene ring substituents is 1. The fraction of sp³-hybridized carbons (Fsp3) is 0.300. The van der Waals surface area contributed by atoms with Crippen LogP contribution in [0.25, 0.3) is 0 Å². The number of alkyl halides is 4. The lowest BCUT2D eigenvalue weighted by Crippen LogP contribution is -2.18. The number of halogens is 4. The standard InChI is InChI=1S/C10H7BrF3NO4/c11-5-7(16)4-6-2-1-3-8(9(6)15(17)18)19-10(12,13)14/h1-3H,4-5H2. The predicted octanol–water partition coefficient (Wildman–Crippen LogP) is 3.00. The average Bonchev–Trinajstić information content (AvgIpc) is 2.26. The Bertz CT molecular complexity index is 504. The zero-order valence-corrected chi connectivity index (χ0v) is 10.8. The van der Waals surface area contributed by atoms with Crippen molar-refractivity contribution in [1.29, 1.82) is 0 Å². The molecule has 0 atom stereocenters. The monoisotopic (exact) mass is 341 g/mol. The first-order valence-electron chi connectivity index (χ1n) is 4.84. The van der Waals surface area contributed by atoms with Gasteiger partial charge in [0.15, 0.2) is 0 Å². The van der Waals surface area contributed by atoms with Crippen LogP contribution in [0.2, 0.25) is 0 Å². The van der Waals surface area contributed by atoms with Crippen LogP contribution in [0.1, 0.15) is 5.56 Å². The van der Waals surface area contributed by atoms with E-state index < -0.39 is 28.5 Å². The summed E-state index contributed by atoms with van der Waals surface area (Å²) in [6, 6.07) is 3.20. The third-order valence-electron chi connectivity index (χ3n) is 2.03. The number of para-hydroxylation sites is 1. The number of carbonyl (C=O) groups is 1. The molecule has 9 heteroatoms. The number of benzene rings is 1. The molecule has 0 aromatic heterocycles. The zero-order chi connectivity index (χ0) is 14.6. The first-order valence-corrected chi connectivity index (χ1v) is 5.96. The molecule has 0 N–H and O–H groups in total. The van der Waals surface area contributed by atoms with E-state index in [-0.39, 0.29) is 17.3 Å². The van der Waals surface area contributed by atoms with Crippen LogP contribution in [0, 0.1) is 10.1 Å². The summed E-state index contributed by atoms with van der Waals surface area (Å²) in [4.78, 5) is 21.1. The van der Waals surface area contributed by atoms with Gasteiger partial charge in [0.2, 0.25) is 5.75 Å². The van der Waals surface area contributed by atoms with Crippen LogP contribution in [-0.4, -0.2) is 22.4 Å². The van der Waals surface area contributed by atoms with Gasteiger partial charge in [-0.2, -0.15) is 0 Å². The summed E-state index contributed by atoms with van der Waals surface area (Å²) < 4.78 is 40.0. The highest BCUT2D eigenvalue weighted by molar-refractivity contribution is 9.09. The van der Waals surface area contributed by atoms with Gasteiger partial charge in [-0.25, -0.2) is 0 Å². The highest BCUT2D eigenvalue weighted by atomic mass is 79.9. The summed E-state index contributed by atoms with van der Waals surface area (Å²) in [5.74, 6) is -1.33. The van der Waals surface area contributed by atoms with Crippen molar-refractivity contribution in [2.45, 2.75) is 12.8 Å². The van der Waals surface area contributed by atoms with E-state index in [0.29, 0.717) is 0 Å². The molecule has 0 spiro atoms. The Labute approximate surface area is 113 Å². The minimum Gasteiger partial charge on any atom is -0.398 e. The van der Waals surface area contributed by atoms with Crippen molar-refractivity contribution in [1.82, 2.24) is 0 Å². The Kier molecular flexibility index (Phi) is 4.87. The molecule has 5 nitrogen and oxygen atoms in total. The second kappa shape index (κ2) is 6.00. The summed E-state index contributed by atoms with van der Waals surface area (Å²) in [6.07, 6.45) is -5.39. The summed E-state index contributed by atoms with van der Waals surface area (Å²) in [5.41, 5.74) is -0.981. The highest BCUT2D eigenvalue weighted by Crippen LogP contribution is 2.35. The summed E-state index contributed by atoms with van der Waals surface area (Å²) >= 11 is 2.87. The highest BCUT2D eigenvalue weighted by Gasteiger charge is 2.35. The third-order valence-corrected chi connectivity index (χ3v) is 2.65. The average molecular weight is 342 g/mol. The van der Waals surface area contributed by atoms with E-state index in [1.807, 2.05) is 0 Å². The number of ketones is 1. The van der Waals surface area contributed by atoms with Crippen LogP contribution in [-0.2, 0) is 11.2 Å². The summed E-state index contributed by atoms with van der Waals surface area (Å²) in [5, 5.41) is 10.8. The molecule has 1 aromatic carbocycles. The van der Waals surface area contributed by atoms with Crippen LogP contribution in [0.3, 0.4) is 0 Å². The molecule has 19 heavy (non-hydrogen) atoms. The molecular weight excluding hydrogens is 335 g/mol. The van der Waals surface area contributed by atoms with Crippen molar-refractivity contribution in [2.24, 2.45) is 0 Å². The Hall–Kier alpha value is -1.64. The van der Waals surface area contributed by atoms with Gasteiger partial charge in [0.25, 0.3) is 0 Å². The molecule has 0 unspecified atom stereocenters. The molecule has 104 valence electrons. The van der Waals surface area contributed by atoms with E-state index in [4.69, 9.17) is 0 Å². The van der Waals surface area contributed by atoms with Gasteiger partial charge >= 0.3 is 12.0 Å². The maximum atomic E-state index is 12.1. The number of nitrogens with zero attached hydrogens (tertiary/aromatic N) is 1. The van der Waals surface area contributed by atoms with Crippen molar-refractivity contribution in [3.8, 4) is 5.75 Å². The van der Waals surface area contributed by atoms with E-state index in [0.717, 1.165) is 12.1 Å². The molecule has 0 amide bonds. The SMILES string of the molecule is O=C(CBr)Cc1cccc(OC(F)(F)F)c1[N+](=O)[O-]. The van der Waals surface area contributed by atoms with Gasteiger partial charge in [-0.1, -0.05) is 28.1 Å². The zero-order valence-electron chi connectivity index (χ0n) is 9.24. The predicted molar refractivity (Wildman–Crippen MR) is 62.3 cm³/mol. The number of carbonyl (C=O) groups excluding carboxylic acids is 1. The number of hydrogen-bond acceptors (Lipinski definition) is 4. The lowest BCUT2D eigenvalue weighted by molar-refractivity contribution is -0.389. The molecule has 0 aliphatic rings. The van der Waals surface area contributed by atoms with E-state index >= 15 is 0 Å². The second-order valence-corrected chi connectivity index (χ2v) is 3.98. The van der Waals surface area contributed by atoms with Gasteiger partial charge in [-0.15, -0.1) is 13.2 Å². The molecule has 0 radical (unpaired) electrons. The Morgan fingerprint density at radius 2 is 2.05 bits per heavy atom. The van der Waals surface area contributed by atoms with Crippen LogP contribution in [0.5, 0.6) is 5.75 Å². The maximum absolute atomic E-state index is 12.1. The first kappa shape index (κ1) is 15.4. The fourth-order valence-corrected chi connectivity index (χ4v) is 1.58. The van der Waals surface area contributed by atoms with E-state index in [1.165, 1.54) is 6.07 Å². The number of rotatable bonds is 5. The Balaban J connectivity index is 3.22. The summed E-state index contributed by atoms with van der Waals surface area (Å²) in [6.45, 7) is 0. The molecule has 0 saturated heterocycles. The fourth-order valence-electron chi connectivity index (χ4n) is 1.38. The van der Waals surface area contributed by atoms with Crippen LogP contribution >= 0.6 is 15.9 Å². The quantitative estimate of drug-likeness (QED) is 0.469. The number of nitro groups is 1. The molecule has 1 rings (SSSR count). The molecule has 0 fully saturated rings. The topological polar surface area (TPSA) is 69.4 Å². The smallest absolute Gasteiger partial charge is 0.398 e. The van der Waals surface area contributed by atoms with Gasteiger partial charge in [0.05, 0.1) is 10.3 Å².